The SMILES string of the molecule is N#C/C(=C(/O)COC(=O)c1ccc(-n2cnnn2)cc1)c1nc2ccccc2[nH]1. The van der Waals surface area contributed by atoms with Crippen LogP contribution in [0.4, 0.5) is 0 Å². The third-order valence-electron chi connectivity index (χ3n) is 4.08. The van der Waals surface area contributed by atoms with Crippen LogP contribution in [0.1, 0.15) is 16.2 Å². The van der Waals surface area contributed by atoms with Gasteiger partial charge in [0.05, 0.1) is 22.3 Å². The summed E-state index contributed by atoms with van der Waals surface area (Å²) in [6.45, 7) is -0.465. The first-order valence-electron chi connectivity index (χ1n) is 8.43. The highest BCUT2D eigenvalue weighted by Crippen LogP contribution is 2.19. The van der Waals surface area contributed by atoms with Crippen molar-refractivity contribution in [1.82, 2.24) is 30.2 Å². The number of esters is 1. The Morgan fingerprint density at radius 2 is 2.00 bits per heavy atom. The van der Waals surface area contributed by atoms with Crippen LogP contribution in [0.3, 0.4) is 0 Å². The van der Waals surface area contributed by atoms with Gasteiger partial charge in [-0.15, -0.1) is 5.10 Å². The Bertz CT molecular complexity index is 1200. The Balaban J connectivity index is 1.48. The number of ether oxygens (including phenoxy) is 1. The number of tetrazole rings is 1. The molecule has 0 fully saturated rings. The van der Waals surface area contributed by atoms with E-state index < -0.39 is 18.3 Å². The molecule has 0 bridgehead atoms. The fourth-order valence-electron chi connectivity index (χ4n) is 2.64. The predicted octanol–water partition coefficient (Wildman–Crippen LogP) is 2.19. The van der Waals surface area contributed by atoms with Crippen LogP contribution in [0, 0.1) is 11.3 Å². The summed E-state index contributed by atoms with van der Waals surface area (Å²) in [6, 6.07) is 15.5. The maximum absolute atomic E-state index is 12.2. The minimum atomic E-state index is -0.651. The van der Waals surface area contributed by atoms with Crippen LogP contribution in [-0.2, 0) is 4.74 Å². The van der Waals surface area contributed by atoms with Crippen molar-refractivity contribution in [1.29, 1.82) is 5.26 Å². The lowest BCUT2D eigenvalue weighted by Crippen LogP contribution is -2.09. The van der Waals surface area contributed by atoms with E-state index in [9.17, 15) is 15.2 Å². The lowest BCUT2D eigenvalue weighted by molar-refractivity contribution is 0.0503. The monoisotopic (exact) mass is 387 g/mol. The van der Waals surface area contributed by atoms with Crippen molar-refractivity contribution in [3.8, 4) is 11.8 Å². The zero-order chi connectivity index (χ0) is 20.2. The molecule has 0 aliphatic carbocycles. The molecule has 0 radical (unpaired) electrons. The molecule has 4 aromatic rings. The van der Waals surface area contributed by atoms with Crippen molar-refractivity contribution < 1.29 is 14.6 Å². The fraction of sp³-hybridized carbons (Fsp3) is 0.0526. The lowest BCUT2D eigenvalue weighted by atomic mass is 10.2. The Hall–Kier alpha value is -4.52. The van der Waals surface area contributed by atoms with Crippen LogP contribution >= 0.6 is 0 Å². The minimum Gasteiger partial charge on any atom is -0.507 e. The molecule has 10 nitrogen and oxygen atoms in total. The molecule has 2 heterocycles. The number of hydrogen-bond acceptors (Lipinski definition) is 8. The molecule has 0 amide bonds. The number of carbonyl (C=O) groups excluding carboxylic acids is 1. The molecule has 29 heavy (non-hydrogen) atoms. The number of aromatic nitrogens is 6. The Morgan fingerprint density at radius 1 is 1.21 bits per heavy atom. The van der Waals surface area contributed by atoms with Crippen molar-refractivity contribution >= 4 is 22.6 Å². The number of nitrogens with zero attached hydrogens (tertiary/aromatic N) is 6. The molecule has 2 aromatic carbocycles. The summed E-state index contributed by atoms with van der Waals surface area (Å²) in [6.07, 6.45) is 1.43. The molecule has 0 unspecified atom stereocenters. The van der Waals surface area contributed by atoms with Crippen molar-refractivity contribution in [2.75, 3.05) is 6.61 Å². The fourth-order valence-corrected chi connectivity index (χ4v) is 2.64. The number of allylic oxidation sites excluding steroid dienone is 1. The van der Waals surface area contributed by atoms with Crippen LogP contribution < -0.4 is 0 Å². The molecule has 142 valence electrons. The number of H-pyrrole nitrogens is 1. The summed E-state index contributed by atoms with van der Waals surface area (Å²) in [5.41, 5.74) is 2.23. The minimum absolute atomic E-state index is 0.0944. The van der Waals surface area contributed by atoms with E-state index >= 15 is 0 Å². The van der Waals surface area contributed by atoms with E-state index in [0.717, 1.165) is 5.52 Å². The van der Waals surface area contributed by atoms with Gasteiger partial charge in [-0.2, -0.15) is 5.26 Å². The molecule has 4 rings (SSSR count). The quantitative estimate of drug-likeness (QED) is 0.301. The van der Waals surface area contributed by atoms with Gasteiger partial charge in [-0.05, 0) is 46.8 Å². The van der Waals surface area contributed by atoms with Gasteiger partial charge in [0.2, 0.25) is 0 Å². The van der Waals surface area contributed by atoms with Gasteiger partial charge in [0.15, 0.2) is 11.6 Å². The van der Waals surface area contributed by atoms with E-state index in [4.69, 9.17) is 4.74 Å². The van der Waals surface area contributed by atoms with E-state index in [-0.39, 0.29) is 17.0 Å². The average molecular weight is 387 g/mol. The summed E-state index contributed by atoms with van der Waals surface area (Å²) in [7, 11) is 0. The maximum Gasteiger partial charge on any atom is 0.338 e. The number of nitriles is 1. The van der Waals surface area contributed by atoms with E-state index in [0.29, 0.717) is 11.2 Å². The third kappa shape index (κ3) is 3.65. The Morgan fingerprint density at radius 3 is 2.69 bits per heavy atom. The topological polar surface area (TPSA) is 143 Å². The first-order chi connectivity index (χ1) is 14.2. The molecule has 2 aromatic heterocycles. The van der Waals surface area contributed by atoms with Crippen molar-refractivity contribution in [2.24, 2.45) is 0 Å². The van der Waals surface area contributed by atoms with Crippen molar-refractivity contribution in [3.63, 3.8) is 0 Å². The number of hydrogen-bond donors (Lipinski definition) is 2. The number of carbonyl (C=O) groups is 1. The predicted molar refractivity (Wildman–Crippen MR) is 101 cm³/mol. The van der Waals surface area contributed by atoms with Gasteiger partial charge in [-0.3, -0.25) is 0 Å². The highest BCUT2D eigenvalue weighted by atomic mass is 16.5. The number of fused-ring (bicyclic) bond motifs is 1. The van der Waals surface area contributed by atoms with Gasteiger partial charge >= 0.3 is 5.97 Å². The average Bonchev–Trinajstić information content (AvgIpc) is 3.42. The molecule has 10 heteroatoms. The molecule has 0 aliphatic rings. The van der Waals surface area contributed by atoms with Gasteiger partial charge in [-0.25, -0.2) is 14.5 Å². The van der Waals surface area contributed by atoms with Crippen LogP contribution in [0.5, 0.6) is 0 Å². The highest BCUT2D eigenvalue weighted by Gasteiger charge is 2.15. The molecular weight excluding hydrogens is 374 g/mol. The Kier molecular flexibility index (Phi) is 4.69. The molecule has 0 atom stereocenters. The normalized spacial score (nSPS) is 11.7. The van der Waals surface area contributed by atoms with Crippen LogP contribution in [0.15, 0.2) is 60.6 Å². The van der Waals surface area contributed by atoms with Crippen molar-refractivity contribution in [3.05, 3.63) is 72.0 Å². The van der Waals surface area contributed by atoms with Crippen LogP contribution in [0.2, 0.25) is 0 Å². The van der Waals surface area contributed by atoms with Gasteiger partial charge in [-0.1, -0.05) is 12.1 Å². The number of benzene rings is 2. The maximum atomic E-state index is 12.2. The highest BCUT2D eigenvalue weighted by molar-refractivity contribution is 5.90. The number of para-hydroxylation sites is 2. The first-order valence-corrected chi connectivity index (χ1v) is 8.43. The largest absolute Gasteiger partial charge is 0.507 e. The molecule has 0 aliphatic heterocycles. The standard InChI is InChI=1S/C19H13N7O3/c20-9-14(18-22-15-3-1-2-4-16(15)23-18)17(27)10-29-19(28)12-5-7-13(8-6-12)26-11-21-24-25-26/h1-8,11,27H,10H2,(H,22,23)/b17-14-. The van der Waals surface area contributed by atoms with Gasteiger partial charge in [0.1, 0.15) is 24.6 Å². The van der Waals surface area contributed by atoms with Crippen molar-refractivity contribution in [2.45, 2.75) is 0 Å². The number of aliphatic hydroxyl groups excluding tert-OH is 1. The Labute approximate surface area is 163 Å². The number of rotatable bonds is 5. The number of aromatic amines is 1. The number of imidazole rings is 1. The lowest BCUT2D eigenvalue weighted by Gasteiger charge is -2.06. The summed E-state index contributed by atoms with van der Waals surface area (Å²) >= 11 is 0. The smallest absolute Gasteiger partial charge is 0.338 e. The van der Waals surface area contributed by atoms with E-state index in [1.54, 1.807) is 36.4 Å². The molecule has 0 spiro atoms. The molecule has 0 saturated carbocycles. The molecule has 0 saturated heterocycles. The second-order valence-corrected chi connectivity index (χ2v) is 5.91. The second kappa shape index (κ2) is 7.61. The van der Waals surface area contributed by atoms with E-state index in [1.807, 2.05) is 18.2 Å². The van der Waals surface area contributed by atoms with Gasteiger partial charge < -0.3 is 14.8 Å². The van der Waals surface area contributed by atoms with Gasteiger partial charge in [0.25, 0.3) is 0 Å². The van der Waals surface area contributed by atoms with E-state index in [2.05, 4.69) is 25.5 Å². The summed E-state index contributed by atoms with van der Waals surface area (Å²) in [5, 5.41) is 30.5. The summed E-state index contributed by atoms with van der Waals surface area (Å²) < 4.78 is 6.55. The zero-order valence-electron chi connectivity index (χ0n) is 14.9. The van der Waals surface area contributed by atoms with Gasteiger partial charge in [0, 0.05) is 0 Å². The van der Waals surface area contributed by atoms with Crippen LogP contribution in [-0.4, -0.2) is 47.9 Å². The second-order valence-electron chi connectivity index (χ2n) is 5.91. The third-order valence-corrected chi connectivity index (χ3v) is 4.08. The first kappa shape index (κ1) is 17.9. The molecular formula is C19H13N7O3. The zero-order valence-corrected chi connectivity index (χ0v) is 14.9. The summed E-state index contributed by atoms with van der Waals surface area (Å²) in [4.78, 5) is 19.5. The summed E-state index contributed by atoms with van der Waals surface area (Å²) in [5.74, 6) is -0.847. The van der Waals surface area contributed by atoms with E-state index in [1.165, 1.54) is 11.0 Å². The van der Waals surface area contributed by atoms with Crippen LogP contribution in [0.25, 0.3) is 22.3 Å². The number of aliphatic hydroxyl groups is 1. The molecule has 2 N–H and O–H groups in total. The number of nitrogens with one attached hydrogen (secondary N) is 1.